The highest BCUT2D eigenvalue weighted by atomic mass is 32.2. The maximum atomic E-state index is 13.4. The molecule has 3 aliphatic heterocycles. The van der Waals surface area contributed by atoms with E-state index in [1.54, 1.807) is 18.9 Å². The lowest BCUT2D eigenvalue weighted by Gasteiger charge is -2.38. The van der Waals surface area contributed by atoms with Gasteiger partial charge in [-0.2, -0.15) is 0 Å². The molecular formula is C27H33N3O6S. The Balaban J connectivity index is 1.65. The van der Waals surface area contributed by atoms with Gasteiger partial charge in [0.15, 0.2) is 5.17 Å². The number of allylic oxidation sites excluding steroid dienone is 1. The first-order valence-corrected chi connectivity index (χ1v) is 13.4. The molecule has 10 heteroatoms. The summed E-state index contributed by atoms with van der Waals surface area (Å²) in [6.45, 7) is 5.00. The highest BCUT2D eigenvalue weighted by Gasteiger charge is 2.43. The average molecular weight is 528 g/mol. The van der Waals surface area contributed by atoms with Gasteiger partial charge in [0.05, 0.1) is 50.5 Å². The first kappa shape index (κ1) is 26.8. The lowest BCUT2D eigenvalue weighted by Crippen LogP contribution is -2.44. The van der Waals surface area contributed by atoms with Gasteiger partial charge in [-0.3, -0.25) is 9.59 Å². The fourth-order valence-corrected chi connectivity index (χ4v) is 5.96. The second kappa shape index (κ2) is 11.9. The maximum absolute atomic E-state index is 13.4. The predicted octanol–water partition coefficient (Wildman–Crippen LogP) is 4.03. The third-order valence-electron chi connectivity index (χ3n) is 6.79. The van der Waals surface area contributed by atoms with Crippen LogP contribution < -0.4 is 4.74 Å². The average Bonchev–Trinajstić information content (AvgIpc) is 3.33. The number of fused-ring (bicyclic) bond motifs is 1. The molecule has 4 rings (SSSR count). The van der Waals surface area contributed by atoms with Crippen LogP contribution in [-0.4, -0.2) is 66.7 Å². The summed E-state index contributed by atoms with van der Waals surface area (Å²) >= 11 is 1.43. The number of aliphatic imine (C=N–C) groups is 1. The van der Waals surface area contributed by atoms with Crippen LogP contribution in [0.3, 0.4) is 0 Å². The number of para-hydroxylation sites is 1. The van der Waals surface area contributed by atoms with Gasteiger partial charge in [0, 0.05) is 24.4 Å². The molecule has 198 valence electrons. The van der Waals surface area contributed by atoms with E-state index in [1.807, 2.05) is 41.5 Å². The number of carbonyl (C=O) groups is 3. The Bertz CT molecular complexity index is 1160. The number of esters is 2. The summed E-state index contributed by atoms with van der Waals surface area (Å²) in [5.41, 5.74) is 2.60. The van der Waals surface area contributed by atoms with Crippen LogP contribution >= 0.6 is 11.8 Å². The van der Waals surface area contributed by atoms with Gasteiger partial charge in [0.25, 0.3) is 0 Å². The van der Waals surface area contributed by atoms with E-state index in [0.717, 1.165) is 17.7 Å². The van der Waals surface area contributed by atoms with E-state index in [4.69, 9.17) is 19.2 Å². The molecular weight excluding hydrogens is 494 g/mol. The van der Waals surface area contributed by atoms with E-state index in [9.17, 15) is 14.4 Å². The normalized spacial score (nSPS) is 21.2. The van der Waals surface area contributed by atoms with Crippen LogP contribution in [0, 0.1) is 5.92 Å². The molecule has 3 aliphatic rings. The zero-order valence-corrected chi connectivity index (χ0v) is 22.5. The Labute approximate surface area is 221 Å². The highest BCUT2D eigenvalue weighted by Crippen LogP contribution is 2.47. The van der Waals surface area contributed by atoms with Gasteiger partial charge in [-0.1, -0.05) is 36.9 Å². The van der Waals surface area contributed by atoms with Crippen LogP contribution in [0.5, 0.6) is 5.75 Å². The summed E-state index contributed by atoms with van der Waals surface area (Å²) in [5, 5.41) is 2.62. The number of benzene rings is 1. The van der Waals surface area contributed by atoms with Gasteiger partial charge in [0.1, 0.15) is 5.75 Å². The molecule has 0 bridgehead atoms. The van der Waals surface area contributed by atoms with Crippen LogP contribution in [0.25, 0.3) is 0 Å². The molecule has 1 fully saturated rings. The van der Waals surface area contributed by atoms with Crippen molar-refractivity contribution in [1.29, 1.82) is 0 Å². The Kier molecular flexibility index (Phi) is 8.58. The number of ether oxygens (including phenoxy) is 3. The fraction of sp³-hybridized carbons (Fsp3) is 0.481. The number of likely N-dealkylation sites (tertiary alicyclic amines) is 1. The van der Waals surface area contributed by atoms with Crippen molar-refractivity contribution in [2.45, 2.75) is 45.6 Å². The number of hydrogen-bond donors (Lipinski definition) is 0. The van der Waals surface area contributed by atoms with Crippen LogP contribution in [0.2, 0.25) is 0 Å². The number of amidine groups is 1. The van der Waals surface area contributed by atoms with E-state index in [2.05, 4.69) is 0 Å². The number of methoxy groups -OCH3 is 2. The standard InChI is InChI=1S/C27H33N3O6S/c1-5-20-23(26(33)35-4)24(19-11-7-8-12-21(19)34-3)30-18(16-37-27(30)28-20)14-22(31)29-13-9-10-17(15-29)25(32)36-6-2/h7-8,11-12,16-17,24H,5-6,9-10,13-15H2,1-4H3. The summed E-state index contributed by atoms with van der Waals surface area (Å²) in [6, 6.07) is 6.97. The molecule has 0 N–H and O–H groups in total. The van der Waals surface area contributed by atoms with Crippen LogP contribution in [0.15, 0.2) is 51.6 Å². The number of thioether (sulfide) groups is 1. The zero-order chi connectivity index (χ0) is 26.5. The summed E-state index contributed by atoms with van der Waals surface area (Å²) in [4.78, 5) is 47.3. The lowest BCUT2D eigenvalue weighted by molar-refractivity contribution is -0.151. The van der Waals surface area contributed by atoms with Crippen molar-refractivity contribution in [3.8, 4) is 5.75 Å². The zero-order valence-electron chi connectivity index (χ0n) is 21.7. The van der Waals surface area contributed by atoms with E-state index < -0.39 is 12.0 Å². The summed E-state index contributed by atoms with van der Waals surface area (Å²) in [7, 11) is 2.95. The smallest absolute Gasteiger partial charge is 0.338 e. The van der Waals surface area contributed by atoms with Crippen molar-refractivity contribution in [2.24, 2.45) is 10.9 Å². The first-order valence-electron chi connectivity index (χ1n) is 12.6. The molecule has 2 atom stereocenters. The van der Waals surface area contributed by atoms with E-state index in [1.165, 1.54) is 18.9 Å². The second-order valence-electron chi connectivity index (χ2n) is 8.95. The molecule has 0 saturated carbocycles. The van der Waals surface area contributed by atoms with Gasteiger partial charge in [-0.25, -0.2) is 9.79 Å². The summed E-state index contributed by atoms with van der Waals surface area (Å²) in [6.07, 6.45) is 2.12. The highest BCUT2D eigenvalue weighted by molar-refractivity contribution is 8.16. The largest absolute Gasteiger partial charge is 0.496 e. The number of amides is 1. The minimum absolute atomic E-state index is 0.0780. The van der Waals surface area contributed by atoms with Crippen LogP contribution in [0.4, 0.5) is 0 Å². The fourth-order valence-electron chi connectivity index (χ4n) is 5.02. The minimum Gasteiger partial charge on any atom is -0.496 e. The number of rotatable bonds is 8. The molecule has 0 spiro atoms. The van der Waals surface area contributed by atoms with Crippen molar-refractivity contribution in [3.05, 3.63) is 52.2 Å². The van der Waals surface area contributed by atoms with Crippen molar-refractivity contribution in [1.82, 2.24) is 9.80 Å². The molecule has 1 amide bonds. The molecule has 2 unspecified atom stereocenters. The maximum Gasteiger partial charge on any atom is 0.338 e. The topological polar surface area (TPSA) is 97.7 Å². The van der Waals surface area contributed by atoms with Gasteiger partial charge < -0.3 is 24.0 Å². The van der Waals surface area contributed by atoms with Gasteiger partial charge in [-0.05, 0) is 37.7 Å². The predicted molar refractivity (Wildman–Crippen MR) is 141 cm³/mol. The Hall–Kier alpha value is -3.27. The molecule has 9 nitrogen and oxygen atoms in total. The van der Waals surface area contributed by atoms with Crippen molar-refractivity contribution in [3.63, 3.8) is 0 Å². The Morgan fingerprint density at radius 3 is 2.65 bits per heavy atom. The van der Waals surface area contributed by atoms with E-state index >= 15 is 0 Å². The molecule has 1 aromatic rings. The SMILES string of the molecule is CCOC(=O)C1CCCN(C(=O)CC2=CSC3=NC(CC)=C(C(=O)OC)C(c4ccccc4OC)N23)C1. The van der Waals surface area contributed by atoms with Crippen LogP contribution in [-0.2, 0) is 23.9 Å². The van der Waals surface area contributed by atoms with Crippen LogP contribution in [0.1, 0.15) is 51.1 Å². The number of carbonyl (C=O) groups excluding carboxylic acids is 3. The molecule has 1 saturated heterocycles. The lowest BCUT2D eigenvalue weighted by atomic mass is 9.92. The quantitative estimate of drug-likeness (QED) is 0.468. The number of piperidine rings is 1. The van der Waals surface area contributed by atoms with Gasteiger partial charge in [-0.15, -0.1) is 0 Å². The van der Waals surface area contributed by atoms with Crippen molar-refractivity contribution >= 4 is 34.8 Å². The molecule has 0 radical (unpaired) electrons. The van der Waals surface area contributed by atoms with Crippen molar-refractivity contribution in [2.75, 3.05) is 33.9 Å². The second-order valence-corrected chi connectivity index (χ2v) is 9.79. The van der Waals surface area contributed by atoms with Gasteiger partial charge >= 0.3 is 11.9 Å². The minimum atomic E-state index is -0.561. The van der Waals surface area contributed by atoms with E-state index in [-0.39, 0.29) is 24.2 Å². The van der Waals surface area contributed by atoms with E-state index in [0.29, 0.717) is 54.7 Å². The first-order chi connectivity index (χ1) is 17.9. The number of hydrogen-bond acceptors (Lipinski definition) is 9. The van der Waals surface area contributed by atoms with Crippen molar-refractivity contribution < 1.29 is 28.6 Å². The summed E-state index contributed by atoms with van der Waals surface area (Å²) in [5.74, 6) is -0.477. The Morgan fingerprint density at radius 2 is 1.95 bits per heavy atom. The third kappa shape index (κ3) is 5.39. The number of nitrogens with zero attached hydrogens (tertiary/aromatic N) is 3. The molecule has 3 heterocycles. The molecule has 37 heavy (non-hydrogen) atoms. The van der Waals surface area contributed by atoms with Gasteiger partial charge in [0.2, 0.25) is 5.91 Å². The Morgan fingerprint density at radius 1 is 1.16 bits per heavy atom. The monoisotopic (exact) mass is 527 g/mol. The molecule has 1 aromatic carbocycles. The summed E-state index contributed by atoms with van der Waals surface area (Å²) < 4.78 is 16.0. The third-order valence-corrected chi connectivity index (χ3v) is 7.68. The molecule has 0 aliphatic carbocycles. The molecule has 0 aromatic heterocycles.